The maximum absolute atomic E-state index is 11.4. The molecule has 1 aromatic carbocycles. The summed E-state index contributed by atoms with van der Waals surface area (Å²) in [6, 6.07) is 7.68. The predicted molar refractivity (Wildman–Crippen MR) is 73.7 cm³/mol. The van der Waals surface area contributed by atoms with Crippen LogP contribution in [-0.4, -0.2) is 10.5 Å². The fraction of sp³-hybridized carbons (Fsp3) is 0.231. The van der Waals surface area contributed by atoms with Gasteiger partial charge in [-0.25, -0.2) is 0 Å². The summed E-state index contributed by atoms with van der Waals surface area (Å²) in [6.45, 7) is 2.43. The largest absolute Gasteiger partial charge is 0.319 e. The Hall–Kier alpha value is -1.39. The van der Waals surface area contributed by atoms with Gasteiger partial charge in [-0.15, -0.1) is 11.3 Å². The third-order valence-corrected chi connectivity index (χ3v) is 3.64. The molecule has 0 bridgehead atoms. The first-order valence-electron chi connectivity index (χ1n) is 5.65. The fourth-order valence-corrected chi connectivity index (χ4v) is 2.44. The second-order valence-corrected chi connectivity index (χ2v) is 5.04. The first kappa shape index (κ1) is 13.1. The van der Waals surface area contributed by atoms with E-state index in [-0.39, 0.29) is 5.91 Å². The molecule has 1 heterocycles. The second-order valence-electron chi connectivity index (χ2n) is 3.76. The van der Waals surface area contributed by atoms with Gasteiger partial charge in [0, 0.05) is 23.0 Å². The van der Waals surface area contributed by atoms with Gasteiger partial charge >= 0.3 is 0 Å². The lowest BCUT2D eigenvalue weighted by Gasteiger charge is -2.05. The summed E-state index contributed by atoms with van der Waals surface area (Å²) < 4.78 is 1.93. The average Bonchev–Trinajstić information content (AvgIpc) is 2.79. The summed E-state index contributed by atoms with van der Waals surface area (Å²) in [7, 11) is 0. The number of amides is 1. The molecule has 0 aliphatic carbocycles. The van der Waals surface area contributed by atoms with E-state index in [1.165, 1.54) is 11.3 Å². The summed E-state index contributed by atoms with van der Waals surface area (Å²) in [4.78, 5) is 16.1. The predicted octanol–water partition coefficient (Wildman–Crippen LogP) is 3.09. The molecule has 0 radical (unpaired) electrons. The molecule has 5 heteroatoms. The molecule has 94 valence electrons. The van der Waals surface area contributed by atoms with Crippen molar-refractivity contribution in [2.45, 2.75) is 19.9 Å². The number of benzene rings is 1. The molecule has 3 nitrogen and oxygen atoms in total. The van der Waals surface area contributed by atoms with Gasteiger partial charge in [0.2, 0.25) is 5.91 Å². The Labute approximate surface area is 114 Å². The van der Waals surface area contributed by atoms with Crippen molar-refractivity contribution in [2.24, 2.45) is 4.99 Å². The molecule has 0 spiro atoms. The number of carbonyl (C=O) groups is 1. The van der Waals surface area contributed by atoms with Crippen molar-refractivity contribution < 1.29 is 4.79 Å². The van der Waals surface area contributed by atoms with E-state index in [4.69, 9.17) is 11.6 Å². The van der Waals surface area contributed by atoms with Crippen molar-refractivity contribution in [1.82, 2.24) is 4.57 Å². The zero-order valence-electron chi connectivity index (χ0n) is 9.97. The normalized spacial score (nSPS) is 11.8. The summed E-state index contributed by atoms with van der Waals surface area (Å²) in [5, 5.41) is 2.64. The van der Waals surface area contributed by atoms with Crippen molar-refractivity contribution in [2.75, 3.05) is 0 Å². The highest BCUT2D eigenvalue weighted by atomic mass is 35.5. The van der Waals surface area contributed by atoms with Crippen molar-refractivity contribution in [3.63, 3.8) is 0 Å². The summed E-state index contributed by atoms with van der Waals surface area (Å²) in [5.41, 5.74) is 1.02. The fourth-order valence-electron chi connectivity index (χ4n) is 1.50. The first-order valence-corrected chi connectivity index (χ1v) is 6.91. The first-order chi connectivity index (χ1) is 8.70. The van der Waals surface area contributed by atoms with Gasteiger partial charge in [-0.05, 0) is 11.6 Å². The topological polar surface area (TPSA) is 34.4 Å². The minimum absolute atomic E-state index is 0.106. The molecule has 0 saturated heterocycles. The van der Waals surface area contributed by atoms with Crippen molar-refractivity contribution in [3.8, 4) is 0 Å². The van der Waals surface area contributed by atoms with Crippen LogP contribution in [0.15, 0.2) is 40.8 Å². The van der Waals surface area contributed by atoms with Crippen molar-refractivity contribution in [1.29, 1.82) is 0 Å². The van der Waals surface area contributed by atoms with Gasteiger partial charge in [0.1, 0.15) is 0 Å². The molecular formula is C13H13ClN2OS. The molecule has 1 aromatic heterocycles. The van der Waals surface area contributed by atoms with Crippen molar-refractivity contribution in [3.05, 3.63) is 51.2 Å². The molecular weight excluding hydrogens is 268 g/mol. The Balaban J connectivity index is 2.31. The van der Waals surface area contributed by atoms with E-state index >= 15 is 0 Å². The monoisotopic (exact) mass is 280 g/mol. The molecule has 0 atom stereocenters. The number of thiazole rings is 1. The van der Waals surface area contributed by atoms with Gasteiger partial charge < -0.3 is 4.57 Å². The Morgan fingerprint density at radius 1 is 1.44 bits per heavy atom. The number of aromatic nitrogens is 1. The molecule has 18 heavy (non-hydrogen) atoms. The number of rotatable bonds is 3. The lowest BCUT2D eigenvalue weighted by molar-refractivity contribution is -0.117. The molecule has 0 aliphatic heterocycles. The SMILES string of the molecule is CCC(=O)N=c1sccn1Cc1ccccc1Cl. The lowest BCUT2D eigenvalue weighted by Crippen LogP contribution is -2.16. The number of nitrogens with zero attached hydrogens (tertiary/aromatic N) is 2. The molecule has 2 aromatic rings. The number of halogens is 1. The highest BCUT2D eigenvalue weighted by Crippen LogP contribution is 2.15. The van der Waals surface area contributed by atoms with Crippen LogP contribution in [0, 0.1) is 0 Å². The highest BCUT2D eigenvalue weighted by molar-refractivity contribution is 7.07. The van der Waals surface area contributed by atoms with Crippen LogP contribution in [0.4, 0.5) is 0 Å². The third-order valence-electron chi connectivity index (χ3n) is 2.48. The van der Waals surface area contributed by atoms with Gasteiger partial charge in [0.05, 0.1) is 6.54 Å². The van der Waals surface area contributed by atoms with E-state index in [2.05, 4.69) is 4.99 Å². The van der Waals surface area contributed by atoms with E-state index < -0.39 is 0 Å². The van der Waals surface area contributed by atoms with Crippen LogP contribution in [0.25, 0.3) is 0 Å². The average molecular weight is 281 g/mol. The van der Waals surface area contributed by atoms with Crippen LogP contribution in [-0.2, 0) is 11.3 Å². The van der Waals surface area contributed by atoms with Gasteiger partial charge in [-0.1, -0.05) is 36.7 Å². The maximum atomic E-state index is 11.4. The maximum Gasteiger partial charge on any atom is 0.248 e. The van der Waals surface area contributed by atoms with Gasteiger partial charge in [-0.2, -0.15) is 4.99 Å². The van der Waals surface area contributed by atoms with E-state index in [1.807, 2.05) is 40.4 Å². The standard InChI is InChI=1S/C13H13ClN2OS/c1-2-12(17)15-13-16(7-8-18-13)9-10-5-3-4-6-11(10)14/h3-8H,2,9H2,1H3. The molecule has 0 saturated carbocycles. The van der Waals surface area contributed by atoms with E-state index in [9.17, 15) is 4.79 Å². The molecule has 2 rings (SSSR count). The number of carbonyl (C=O) groups excluding carboxylic acids is 1. The minimum Gasteiger partial charge on any atom is -0.319 e. The van der Waals surface area contributed by atoms with E-state index in [0.717, 1.165) is 10.6 Å². The molecule has 0 fully saturated rings. The van der Waals surface area contributed by atoms with Gasteiger partial charge in [0.25, 0.3) is 0 Å². The van der Waals surface area contributed by atoms with Crippen LogP contribution in [0.2, 0.25) is 5.02 Å². The quantitative estimate of drug-likeness (QED) is 0.851. The van der Waals surface area contributed by atoms with E-state index in [0.29, 0.717) is 17.8 Å². The molecule has 0 unspecified atom stereocenters. The number of hydrogen-bond donors (Lipinski definition) is 0. The Bertz CT molecular complexity index is 615. The molecule has 0 N–H and O–H groups in total. The van der Waals surface area contributed by atoms with E-state index in [1.54, 1.807) is 6.92 Å². The van der Waals surface area contributed by atoms with Crippen molar-refractivity contribution >= 4 is 28.8 Å². The second kappa shape index (κ2) is 5.98. The van der Waals surface area contributed by atoms with Crippen LogP contribution >= 0.6 is 22.9 Å². The van der Waals surface area contributed by atoms with Gasteiger partial charge in [0.15, 0.2) is 4.80 Å². The Morgan fingerprint density at radius 2 is 2.22 bits per heavy atom. The number of hydrogen-bond acceptors (Lipinski definition) is 2. The van der Waals surface area contributed by atoms with Gasteiger partial charge in [-0.3, -0.25) is 4.79 Å². The summed E-state index contributed by atoms with van der Waals surface area (Å²) in [5.74, 6) is -0.106. The zero-order chi connectivity index (χ0) is 13.0. The van der Waals surface area contributed by atoms with Crippen LogP contribution in [0.5, 0.6) is 0 Å². The Morgan fingerprint density at radius 3 is 2.94 bits per heavy atom. The summed E-state index contributed by atoms with van der Waals surface area (Å²) >= 11 is 7.57. The molecule has 0 aliphatic rings. The Kier molecular flexibility index (Phi) is 4.33. The zero-order valence-corrected chi connectivity index (χ0v) is 11.5. The van der Waals surface area contributed by atoms with Crippen LogP contribution in [0.1, 0.15) is 18.9 Å². The third kappa shape index (κ3) is 3.09. The summed E-state index contributed by atoms with van der Waals surface area (Å²) in [6.07, 6.45) is 2.33. The van der Waals surface area contributed by atoms with Crippen LogP contribution < -0.4 is 4.80 Å². The smallest absolute Gasteiger partial charge is 0.248 e. The lowest BCUT2D eigenvalue weighted by atomic mass is 10.2. The van der Waals surface area contributed by atoms with Crippen LogP contribution in [0.3, 0.4) is 0 Å². The highest BCUT2D eigenvalue weighted by Gasteiger charge is 2.03. The minimum atomic E-state index is -0.106. The molecule has 1 amide bonds.